The van der Waals surface area contributed by atoms with E-state index in [1.54, 1.807) is 30.3 Å². The molecule has 0 spiro atoms. The molecule has 2 rings (SSSR count). The van der Waals surface area contributed by atoms with Gasteiger partial charge in [-0.2, -0.15) is 4.31 Å². The fraction of sp³-hybridized carbons (Fsp3) is 0.188. The van der Waals surface area contributed by atoms with Gasteiger partial charge in [-0.3, -0.25) is 4.79 Å². The van der Waals surface area contributed by atoms with Crippen molar-refractivity contribution in [2.45, 2.75) is 11.8 Å². The smallest absolute Gasteiger partial charge is 0.243 e. The Hall–Kier alpha value is -2.18. The van der Waals surface area contributed by atoms with Crippen molar-refractivity contribution < 1.29 is 13.2 Å². The summed E-state index contributed by atoms with van der Waals surface area (Å²) in [6, 6.07) is 15.3. The summed E-state index contributed by atoms with van der Waals surface area (Å²) >= 11 is 0. The zero-order valence-corrected chi connectivity index (χ0v) is 13.3. The molecule has 2 aromatic rings. The molecule has 0 heterocycles. The van der Waals surface area contributed by atoms with Crippen molar-refractivity contribution in [3.8, 4) is 0 Å². The lowest BCUT2D eigenvalue weighted by molar-refractivity contribution is -0.116. The van der Waals surface area contributed by atoms with Crippen molar-refractivity contribution >= 4 is 21.6 Å². The highest BCUT2D eigenvalue weighted by Crippen LogP contribution is 2.14. The first-order valence-electron chi connectivity index (χ1n) is 6.77. The van der Waals surface area contributed by atoms with Gasteiger partial charge in [-0.1, -0.05) is 35.9 Å². The molecule has 2 aromatic carbocycles. The Kier molecular flexibility index (Phi) is 4.95. The first-order chi connectivity index (χ1) is 10.4. The summed E-state index contributed by atoms with van der Waals surface area (Å²) in [6.07, 6.45) is 0. The van der Waals surface area contributed by atoms with E-state index >= 15 is 0 Å². The number of benzene rings is 2. The number of nitrogens with zero attached hydrogens (tertiary/aromatic N) is 1. The van der Waals surface area contributed by atoms with Gasteiger partial charge in [0.05, 0.1) is 11.4 Å². The Morgan fingerprint density at radius 2 is 1.64 bits per heavy atom. The third kappa shape index (κ3) is 3.93. The largest absolute Gasteiger partial charge is 0.325 e. The van der Waals surface area contributed by atoms with Crippen molar-refractivity contribution in [3.63, 3.8) is 0 Å². The molecule has 5 nitrogen and oxygen atoms in total. The van der Waals surface area contributed by atoms with Gasteiger partial charge in [-0.05, 0) is 31.2 Å². The van der Waals surface area contributed by atoms with Crippen LogP contribution in [0, 0.1) is 6.92 Å². The van der Waals surface area contributed by atoms with Crippen LogP contribution in [0.2, 0.25) is 0 Å². The molecule has 1 amide bonds. The number of rotatable bonds is 5. The maximum absolute atomic E-state index is 12.3. The molecule has 22 heavy (non-hydrogen) atoms. The van der Waals surface area contributed by atoms with E-state index in [4.69, 9.17) is 0 Å². The van der Waals surface area contributed by atoms with Gasteiger partial charge < -0.3 is 5.32 Å². The minimum absolute atomic E-state index is 0.167. The van der Waals surface area contributed by atoms with E-state index in [2.05, 4.69) is 5.32 Å². The molecule has 1 N–H and O–H groups in total. The summed E-state index contributed by atoms with van der Waals surface area (Å²) in [5.41, 5.74) is 1.72. The van der Waals surface area contributed by atoms with E-state index in [1.165, 1.54) is 19.2 Å². The Labute approximate surface area is 130 Å². The van der Waals surface area contributed by atoms with Crippen LogP contribution in [0.3, 0.4) is 0 Å². The molecule has 0 aliphatic rings. The van der Waals surface area contributed by atoms with Crippen LogP contribution in [0.15, 0.2) is 59.5 Å². The van der Waals surface area contributed by atoms with Crippen molar-refractivity contribution in [1.29, 1.82) is 0 Å². The molecular formula is C16H18N2O3S. The highest BCUT2D eigenvalue weighted by atomic mass is 32.2. The van der Waals surface area contributed by atoms with Crippen LogP contribution in [0.1, 0.15) is 5.56 Å². The second-order valence-corrected chi connectivity index (χ2v) is 7.03. The summed E-state index contributed by atoms with van der Waals surface area (Å²) in [5, 5.41) is 2.68. The number of aryl methyl sites for hydroxylation is 1. The molecule has 0 unspecified atom stereocenters. The van der Waals surface area contributed by atoms with Crippen molar-refractivity contribution in [1.82, 2.24) is 4.31 Å². The average molecular weight is 318 g/mol. The highest BCUT2D eigenvalue weighted by molar-refractivity contribution is 7.89. The van der Waals surface area contributed by atoms with Gasteiger partial charge in [-0.15, -0.1) is 0 Å². The van der Waals surface area contributed by atoms with Gasteiger partial charge in [0.15, 0.2) is 0 Å². The van der Waals surface area contributed by atoms with E-state index in [0.29, 0.717) is 5.69 Å². The predicted molar refractivity (Wildman–Crippen MR) is 86.1 cm³/mol. The summed E-state index contributed by atoms with van der Waals surface area (Å²) in [5.74, 6) is -0.383. The third-order valence-corrected chi connectivity index (χ3v) is 4.97. The topological polar surface area (TPSA) is 66.5 Å². The molecule has 0 fully saturated rings. The van der Waals surface area contributed by atoms with Gasteiger partial charge in [-0.25, -0.2) is 8.42 Å². The predicted octanol–water partition coefficient (Wildman–Crippen LogP) is 2.25. The van der Waals surface area contributed by atoms with Gasteiger partial charge in [0.2, 0.25) is 15.9 Å². The Balaban J connectivity index is 2.03. The highest BCUT2D eigenvalue weighted by Gasteiger charge is 2.22. The van der Waals surface area contributed by atoms with E-state index in [0.717, 1.165) is 9.87 Å². The zero-order valence-electron chi connectivity index (χ0n) is 12.5. The van der Waals surface area contributed by atoms with Gasteiger partial charge >= 0.3 is 0 Å². The van der Waals surface area contributed by atoms with E-state index in [-0.39, 0.29) is 17.3 Å². The van der Waals surface area contributed by atoms with Gasteiger partial charge in [0.1, 0.15) is 0 Å². The maximum atomic E-state index is 12.3. The first kappa shape index (κ1) is 16.2. The molecule has 0 aromatic heterocycles. The lowest BCUT2D eigenvalue weighted by atomic mass is 10.2. The lowest BCUT2D eigenvalue weighted by Crippen LogP contribution is -2.34. The number of carbonyl (C=O) groups excluding carboxylic acids is 1. The third-order valence-electron chi connectivity index (χ3n) is 3.15. The Morgan fingerprint density at radius 1 is 1.05 bits per heavy atom. The lowest BCUT2D eigenvalue weighted by Gasteiger charge is -2.16. The van der Waals surface area contributed by atoms with Crippen LogP contribution in [-0.2, 0) is 14.8 Å². The number of likely N-dealkylation sites (N-methyl/N-ethyl adjacent to an activating group) is 1. The quantitative estimate of drug-likeness (QED) is 0.919. The van der Waals surface area contributed by atoms with Crippen LogP contribution >= 0.6 is 0 Å². The van der Waals surface area contributed by atoms with Crippen LogP contribution < -0.4 is 5.32 Å². The molecule has 0 aliphatic heterocycles. The molecule has 0 saturated heterocycles. The molecule has 6 heteroatoms. The molecule has 116 valence electrons. The minimum atomic E-state index is -3.66. The number of hydrogen-bond acceptors (Lipinski definition) is 3. The standard InChI is InChI=1S/C16H18N2O3S/c1-13-8-10-14(11-9-13)17-16(19)12-18(2)22(20,21)15-6-4-3-5-7-15/h3-11H,12H2,1-2H3,(H,17,19). The van der Waals surface area contributed by atoms with E-state index < -0.39 is 10.0 Å². The molecule has 0 aliphatic carbocycles. The van der Waals surface area contributed by atoms with Crippen molar-refractivity contribution in [2.24, 2.45) is 0 Å². The number of hydrogen-bond donors (Lipinski definition) is 1. The summed E-state index contributed by atoms with van der Waals surface area (Å²) in [7, 11) is -2.27. The van der Waals surface area contributed by atoms with Crippen molar-refractivity contribution in [2.75, 3.05) is 18.9 Å². The second kappa shape index (κ2) is 6.72. The number of sulfonamides is 1. The fourth-order valence-electron chi connectivity index (χ4n) is 1.90. The average Bonchev–Trinajstić information content (AvgIpc) is 2.50. The second-order valence-electron chi connectivity index (χ2n) is 4.99. The Bertz CT molecular complexity index is 741. The SMILES string of the molecule is Cc1ccc(NC(=O)CN(C)S(=O)(=O)c2ccccc2)cc1. The van der Waals surface area contributed by atoms with E-state index in [1.807, 2.05) is 19.1 Å². The van der Waals surface area contributed by atoms with Crippen LogP contribution in [0.25, 0.3) is 0 Å². The van der Waals surface area contributed by atoms with Crippen LogP contribution in [-0.4, -0.2) is 32.2 Å². The monoisotopic (exact) mass is 318 g/mol. The van der Waals surface area contributed by atoms with Crippen LogP contribution in [0.5, 0.6) is 0 Å². The summed E-state index contributed by atoms with van der Waals surface area (Å²) in [6.45, 7) is 1.71. The molecule has 0 radical (unpaired) electrons. The van der Waals surface area contributed by atoms with E-state index in [9.17, 15) is 13.2 Å². The normalized spacial score (nSPS) is 11.4. The van der Waals surface area contributed by atoms with Gasteiger partial charge in [0.25, 0.3) is 0 Å². The summed E-state index contributed by atoms with van der Waals surface area (Å²) in [4.78, 5) is 12.1. The summed E-state index contributed by atoms with van der Waals surface area (Å²) < 4.78 is 25.7. The molecular weight excluding hydrogens is 300 g/mol. The van der Waals surface area contributed by atoms with Crippen molar-refractivity contribution in [3.05, 3.63) is 60.2 Å². The minimum Gasteiger partial charge on any atom is -0.325 e. The maximum Gasteiger partial charge on any atom is 0.243 e. The Morgan fingerprint density at radius 3 is 2.23 bits per heavy atom. The fourth-order valence-corrected chi connectivity index (χ4v) is 3.05. The first-order valence-corrected chi connectivity index (χ1v) is 8.21. The number of carbonyl (C=O) groups is 1. The zero-order chi connectivity index (χ0) is 16.2. The van der Waals surface area contributed by atoms with Gasteiger partial charge in [0, 0.05) is 12.7 Å². The molecule has 0 saturated carbocycles. The molecule has 0 atom stereocenters. The number of anilines is 1. The number of amides is 1. The van der Waals surface area contributed by atoms with Crippen LogP contribution in [0.4, 0.5) is 5.69 Å². The number of nitrogens with one attached hydrogen (secondary N) is 1. The molecule has 0 bridgehead atoms.